The molecule has 1 aliphatic rings. The Balaban J connectivity index is 2.41. The van der Waals surface area contributed by atoms with E-state index in [1.807, 2.05) is 12.1 Å². The zero-order chi connectivity index (χ0) is 13.0. The maximum absolute atomic E-state index is 9.39. The average Bonchev–Trinajstić information content (AvgIpc) is 2.41. The maximum Gasteiger partial charge on any atom is 0.102 e. The molecule has 18 heavy (non-hydrogen) atoms. The van der Waals surface area contributed by atoms with E-state index in [9.17, 15) is 5.26 Å². The SMILES string of the molecule is CC1(/C(N)=C(/C#N)c2ccncc2)CCCCC1. The topological polar surface area (TPSA) is 62.7 Å². The summed E-state index contributed by atoms with van der Waals surface area (Å²) >= 11 is 0. The number of allylic oxidation sites excluding steroid dienone is 2. The molecule has 1 fully saturated rings. The molecule has 0 bridgehead atoms. The van der Waals surface area contributed by atoms with E-state index in [-0.39, 0.29) is 5.41 Å². The molecule has 1 heterocycles. The monoisotopic (exact) mass is 241 g/mol. The molecule has 94 valence electrons. The van der Waals surface area contributed by atoms with Gasteiger partial charge in [-0.1, -0.05) is 26.2 Å². The van der Waals surface area contributed by atoms with Crippen LogP contribution in [0.25, 0.3) is 5.57 Å². The van der Waals surface area contributed by atoms with Crippen molar-refractivity contribution in [3.05, 3.63) is 35.8 Å². The van der Waals surface area contributed by atoms with E-state index in [4.69, 9.17) is 5.73 Å². The smallest absolute Gasteiger partial charge is 0.102 e. The van der Waals surface area contributed by atoms with Gasteiger partial charge in [0.2, 0.25) is 0 Å². The quantitative estimate of drug-likeness (QED) is 0.808. The zero-order valence-corrected chi connectivity index (χ0v) is 10.8. The Morgan fingerprint density at radius 3 is 2.44 bits per heavy atom. The fourth-order valence-corrected chi connectivity index (χ4v) is 2.70. The lowest BCUT2D eigenvalue weighted by Gasteiger charge is -2.34. The first-order valence-corrected chi connectivity index (χ1v) is 6.48. The van der Waals surface area contributed by atoms with Crippen molar-refractivity contribution in [2.75, 3.05) is 0 Å². The normalized spacial score (nSPS) is 19.8. The highest BCUT2D eigenvalue weighted by molar-refractivity contribution is 5.79. The average molecular weight is 241 g/mol. The van der Waals surface area contributed by atoms with Crippen molar-refractivity contribution >= 4 is 5.57 Å². The summed E-state index contributed by atoms with van der Waals surface area (Å²) in [6.45, 7) is 2.18. The van der Waals surface area contributed by atoms with Gasteiger partial charge in [-0.05, 0) is 30.5 Å². The van der Waals surface area contributed by atoms with Crippen LogP contribution in [0.15, 0.2) is 30.2 Å². The fraction of sp³-hybridized carbons (Fsp3) is 0.467. The van der Waals surface area contributed by atoms with Crippen LogP contribution in [0, 0.1) is 16.7 Å². The first kappa shape index (κ1) is 12.6. The number of rotatable bonds is 2. The number of nitrogens with two attached hydrogens (primary N) is 1. The molecule has 0 aliphatic heterocycles. The summed E-state index contributed by atoms with van der Waals surface area (Å²) in [4.78, 5) is 3.98. The molecule has 0 amide bonds. The molecule has 1 saturated carbocycles. The maximum atomic E-state index is 9.39. The predicted molar refractivity (Wildman–Crippen MR) is 72.1 cm³/mol. The largest absolute Gasteiger partial charge is 0.401 e. The van der Waals surface area contributed by atoms with E-state index in [1.54, 1.807) is 12.4 Å². The Labute approximate surface area is 108 Å². The number of nitrogens with zero attached hydrogens (tertiary/aromatic N) is 2. The van der Waals surface area contributed by atoms with Crippen LogP contribution in [0.1, 0.15) is 44.6 Å². The molecule has 0 spiro atoms. The second kappa shape index (κ2) is 5.22. The Hall–Kier alpha value is -1.82. The van der Waals surface area contributed by atoms with Crippen LogP contribution in [-0.4, -0.2) is 4.98 Å². The van der Waals surface area contributed by atoms with E-state index in [0.717, 1.165) is 24.1 Å². The third-order valence-electron chi connectivity index (χ3n) is 3.96. The van der Waals surface area contributed by atoms with Gasteiger partial charge in [0.25, 0.3) is 0 Å². The summed E-state index contributed by atoms with van der Waals surface area (Å²) in [5, 5.41) is 9.39. The van der Waals surface area contributed by atoms with Gasteiger partial charge in [0.15, 0.2) is 0 Å². The summed E-state index contributed by atoms with van der Waals surface area (Å²) in [5.41, 5.74) is 8.52. The fourth-order valence-electron chi connectivity index (χ4n) is 2.70. The predicted octanol–water partition coefficient (Wildman–Crippen LogP) is 3.25. The Kier molecular flexibility index (Phi) is 3.66. The van der Waals surface area contributed by atoms with E-state index < -0.39 is 0 Å². The van der Waals surface area contributed by atoms with Crippen molar-refractivity contribution < 1.29 is 0 Å². The minimum Gasteiger partial charge on any atom is -0.401 e. The van der Waals surface area contributed by atoms with E-state index in [1.165, 1.54) is 19.3 Å². The molecule has 0 atom stereocenters. The van der Waals surface area contributed by atoms with Crippen LogP contribution in [-0.2, 0) is 0 Å². The van der Waals surface area contributed by atoms with Gasteiger partial charge in [0.1, 0.15) is 6.07 Å². The van der Waals surface area contributed by atoms with E-state index in [2.05, 4.69) is 18.0 Å². The third-order valence-corrected chi connectivity index (χ3v) is 3.96. The Morgan fingerprint density at radius 1 is 1.28 bits per heavy atom. The summed E-state index contributed by atoms with van der Waals surface area (Å²) in [5.74, 6) is 0. The third kappa shape index (κ3) is 2.38. The second-order valence-electron chi connectivity index (χ2n) is 5.26. The number of hydrogen-bond donors (Lipinski definition) is 1. The first-order chi connectivity index (χ1) is 8.67. The van der Waals surface area contributed by atoms with Crippen LogP contribution in [0.4, 0.5) is 0 Å². The van der Waals surface area contributed by atoms with Crippen LogP contribution >= 0.6 is 0 Å². The lowest BCUT2D eigenvalue weighted by Crippen LogP contribution is -2.28. The summed E-state index contributed by atoms with van der Waals surface area (Å²) < 4.78 is 0. The lowest BCUT2D eigenvalue weighted by atomic mass is 9.72. The number of pyridine rings is 1. The second-order valence-corrected chi connectivity index (χ2v) is 5.26. The summed E-state index contributed by atoms with van der Waals surface area (Å²) in [7, 11) is 0. The van der Waals surface area contributed by atoms with Gasteiger partial charge in [-0.15, -0.1) is 0 Å². The molecule has 0 aromatic carbocycles. The minimum absolute atomic E-state index is 0.0212. The van der Waals surface area contributed by atoms with Gasteiger partial charge in [-0.3, -0.25) is 4.98 Å². The van der Waals surface area contributed by atoms with Crippen molar-refractivity contribution in [3.63, 3.8) is 0 Å². The van der Waals surface area contributed by atoms with Gasteiger partial charge >= 0.3 is 0 Å². The molecule has 0 saturated heterocycles. The van der Waals surface area contributed by atoms with Crippen LogP contribution < -0.4 is 5.73 Å². The van der Waals surface area contributed by atoms with Crippen molar-refractivity contribution in [2.45, 2.75) is 39.0 Å². The van der Waals surface area contributed by atoms with Crippen LogP contribution in [0.2, 0.25) is 0 Å². The summed E-state index contributed by atoms with van der Waals surface area (Å²) in [6.07, 6.45) is 9.23. The molecule has 1 aromatic heterocycles. The molecule has 0 unspecified atom stereocenters. The van der Waals surface area contributed by atoms with Gasteiger partial charge in [0, 0.05) is 23.5 Å². The lowest BCUT2D eigenvalue weighted by molar-refractivity contribution is 0.266. The Morgan fingerprint density at radius 2 is 1.89 bits per heavy atom. The van der Waals surface area contributed by atoms with Gasteiger partial charge in [0.05, 0.1) is 5.57 Å². The van der Waals surface area contributed by atoms with Crippen molar-refractivity contribution in [1.82, 2.24) is 4.98 Å². The van der Waals surface area contributed by atoms with Crippen molar-refractivity contribution in [1.29, 1.82) is 5.26 Å². The minimum atomic E-state index is -0.0212. The number of nitriles is 1. The van der Waals surface area contributed by atoms with Crippen molar-refractivity contribution in [2.24, 2.45) is 11.1 Å². The highest BCUT2D eigenvalue weighted by Gasteiger charge is 2.31. The van der Waals surface area contributed by atoms with Crippen LogP contribution in [0.3, 0.4) is 0 Å². The molecule has 1 aromatic rings. The molecular formula is C15H19N3. The molecule has 3 nitrogen and oxygen atoms in total. The molecular weight excluding hydrogens is 222 g/mol. The first-order valence-electron chi connectivity index (χ1n) is 6.48. The molecule has 2 rings (SSSR count). The standard InChI is InChI=1S/C15H19N3/c1-15(7-3-2-4-8-15)14(17)13(11-16)12-5-9-18-10-6-12/h5-6,9-10H,2-4,7-8,17H2,1H3/b14-13+. The zero-order valence-electron chi connectivity index (χ0n) is 10.8. The molecule has 3 heteroatoms. The molecule has 1 aliphatic carbocycles. The van der Waals surface area contributed by atoms with Crippen molar-refractivity contribution in [3.8, 4) is 6.07 Å². The number of hydrogen-bond acceptors (Lipinski definition) is 3. The summed E-state index contributed by atoms with van der Waals surface area (Å²) in [6, 6.07) is 5.96. The van der Waals surface area contributed by atoms with E-state index in [0.29, 0.717) is 5.57 Å². The van der Waals surface area contributed by atoms with E-state index >= 15 is 0 Å². The molecule has 2 N–H and O–H groups in total. The van der Waals surface area contributed by atoms with Gasteiger partial charge in [-0.25, -0.2) is 0 Å². The van der Waals surface area contributed by atoms with Crippen LogP contribution in [0.5, 0.6) is 0 Å². The highest BCUT2D eigenvalue weighted by atomic mass is 14.7. The number of aromatic nitrogens is 1. The van der Waals surface area contributed by atoms with Gasteiger partial charge in [-0.2, -0.15) is 5.26 Å². The van der Waals surface area contributed by atoms with Gasteiger partial charge < -0.3 is 5.73 Å². The highest BCUT2D eigenvalue weighted by Crippen LogP contribution is 2.42. The Bertz CT molecular complexity index is 476. The molecule has 0 radical (unpaired) electrons.